The van der Waals surface area contributed by atoms with Gasteiger partial charge in [-0.1, -0.05) is 13.8 Å². The Morgan fingerprint density at radius 2 is 2.00 bits per heavy atom. The molecule has 0 saturated heterocycles. The standard InChI is InChI=1S/C12H21N3O4S/c1-4-12(5-2,11(16)17)8-14-20(18,19)10-7-15(6-3)9-13-10/h7,9,14H,4-6,8H2,1-3H3,(H,16,17). The predicted molar refractivity (Wildman–Crippen MR) is 73.7 cm³/mol. The van der Waals surface area contributed by atoms with Crippen LogP contribution in [0.5, 0.6) is 0 Å². The van der Waals surface area contributed by atoms with Crippen LogP contribution in [0.2, 0.25) is 0 Å². The van der Waals surface area contributed by atoms with Gasteiger partial charge in [-0.25, -0.2) is 18.1 Å². The summed E-state index contributed by atoms with van der Waals surface area (Å²) in [5.74, 6) is -0.996. The van der Waals surface area contributed by atoms with E-state index >= 15 is 0 Å². The van der Waals surface area contributed by atoms with E-state index in [1.54, 1.807) is 18.4 Å². The highest BCUT2D eigenvalue weighted by Crippen LogP contribution is 2.26. The molecule has 7 nitrogen and oxygen atoms in total. The van der Waals surface area contributed by atoms with Gasteiger partial charge >= 0.3 is 5.97 Å². The molecule has 0 aliphatic heterocycles. The summed E-state index contributed by atoms with van der Waals surface area (Å²) in [6, 6.07) is 0. The van der Waals surface area contributed by atoms with Crippen LogP contribution in [0.1, 0.15) is 33.6 Å². The summed E-state index contributed by atoms with van der Waals surface area (Å²) >= 11 is 0. The highest BCUT2D eigenvalue weighted by atomic mass is 32.2. The molecule has 0 atom stereocenters. The molecular formula is C12H21N3O4S. The highest BCUT2D eigenvalue weighted by molar-refractivity contribution is 7.89. The lowest BCUT2D eigenvalue weighted by Crippen LogP contribution is -2.42. The van der Waals surface area contributed by atoms with Crippen molar-refractivity contribution in [2.75, 3.05) is 6.54 Å². The number of hydrogen-bond acceptors (Lipinski definition) is 4. The number of rotatable bonds is 8. The summed E-state index contributed by atoms with van der Waals surface area (Å²) in [7, 11) is -3.78. The number of aromatic nitrogens is 2. The summed E-state index contributed by atoms with van der Waals surface area (Å²) in [5.41, 5.74) is -1.08. The first-order valence-corrected chi connectivity index (χ1v) is 8.04. The van der Waals surface area contributed by atoms with Crippen molar-refractivity contribution in [3.05, 3.63) is 12.5 Å². The number of imidazole rings is 1. The molecule has 1 heterocycles. The molecule has 2 N–H and O–H groups in total. The average molecular weight is 303 g/mol. The van der Waals surface area contributed by atoms with E-state index in [-0.39, 0.29) is 11.6 Å². The van der Waals surface area contributed by atoms with Crippen molar-refractivity contribution in [3.8, 4) is 0 Å². The SMILES string of the molecule is CCn1cnc(S(=O)(=O)NCC(CC)(CC)C(=O)O)c1. The van der Waals surface area contributed by atoms with Gasteiger partial charge in [-0.05, 0) is 19.8 Å². The third kappa shape index (κ3) is 3.37. The molecule has 20 heavy (non-hydrogen) atoms. The Balaban J connectivity index is 2.89. The van der Waals surface area contributed by atoms with Crippen LogP contribution >= 0.6 is 0 Å². The minimum Gasteiger partial charge on any atom is -0.481 e. The molecule has 0 bridgehead atoms. The van der Waals surface area contributed by atoms with Gasteiger partial charge in [0.15, 0.2) is 5.03 Å². The van der Waals surface area contributed by atoms with Gasteiger partial charge in [0.1, 0.15) is 0 Å². The molecule has 0 aromatic carbocycles. The third-order valence-electron chi connectivity index (χ3n) is 3.66. The molecule has 1 aromatic rings. The van der Waals surface area contributed by atoms with Gasteiger partial charge in [-0.15, -0.1) is 0 Å². The molecular weight excluding hydrogens is 282 g/mol. The Morgan fingerprint density at radius 3 is 2.40 bits per heavy atom. The first-order valence-electron chi connectivity index (χ1n) is 6.56. The lowest BCUT2D eigenvalue weighted by Gasteiger charge is -2.26. The zero-order valence-corrected chi connectivity index (χ0v) is 12.8. The second kappa shape index (κ2) is 6.36. The summed E-state index contributed by atoms with van der Waals surface area (Å²) in [5, 5.41) is 9.19. The van der Waals surface area contributed by atoms with Gasteiger partial charge < -0.3 is 9.67 Å². The minimum atomic E-state index is -3.78. The van der Waals surface area contributed by atoms with E-state index in [0.29, 0.717) is 19.4 Å². The molecule has 1 rings (SSSR count). The molecule has 0 unspecified atom stereocenters. The fraction of sp³-hybridized carbons (Fsp3) is 0.667. The van der Waals surface area contributed by atoms with Crippen LogP contribution in [0.4, 0.5) is 0 Å². The zero-order chi connectivity index (χ0) is 15.4. The molecule has 0 fully saturated rings. The monoisotopic (exact) mass is 303 g/mol. The Labute approximate surface area is 119 Å². The smallest absolute Gasteiger partial charge is 0.310 e. The van der Waals surface area contributed by atoms with Crippen LogP contribution in [0.3, 0.4) is 0 Å². The topological polar surface area (TPSA) is 101 Å². The molecule has 0 aliphatic carbocycles. The van der Waals surface area contributed by atoms with E-state index in [1.165, 1.54) is 12.5 Å². The van der Waals surface area contributed by atoms with Crippen molar-refractivity contribution < 1.29 is 18.3 Å². The molecule has 114 valence electrons. The van der Waals surface area contributed by atoms with Gasteiger partial charge in [0.25, 0.3) is 10.0 Å². The number of carbonyl (C=O) groups is 1. The normalized spacial score (nSPS) is 12.6. The zero-order valence-electron chi connectivity index (χ0n) is 12.0. The quantitative estimate of drug-likeness (QED) is 0.748. The maximum absolute atomic E-state index is 12.1. The lowest BCUT2D eigenvalue weighted by atomic mass is 9.83. The number of aliphatic carboxylic acids is 1. The highest BCUT2D eigenvalue weighted by Gasteiger charge is 2.36. The Morgan fingerprint density at radius 1 is 1.40 bits per heavy atom. The minimum absolute atomic E-state index is 0.0918. The fourth-order valence-corrected chi connectivity index (χ4v) is 2.91. The maximum Gasteiger partial charge on any atom is 0.310 e. The molecule has 0 aliphatic rings. The van der Waals surface area contributed by atoms with E-state index in [0.717, 1.165) is 0 Å². The first-order chi connectivity index (χ1) is 9.31. The van der Waals surface area contributed by atoms with E-state index in [1.807, 2.05) is 6.92 Å². The van der Waals surface area contributed by atoms with E-state index in [9.17, 15) is 18.3 Å². The van der Waals surface area contributed by atoms with Crippen LogP contribution in [0.15, 0.2) is 17.6 Å². The third-order valence-corrected chi connectivity index (χ3v) is 4.94. The van der Waals surface area contributed by atoms with Crippen molar-refractivity contribution >= 4 is 16.0 Å². The number of carboxylic acids is 1. The number of sulfonamides is 1. The lowest BCUT2D eigenvalue weighted by molar-refractivity contribution is -0.149. The molecule has 1 aromatic heterocycles. The van der Waals surface area contributed by atoms with Crippen molar-refractivity contribution in [1.29, 1.82) is 0 Å². The maximum atomic E-state index is 12.1. The van der Waals surface area contributed by atoms with Gasteiger partial charge in [0.05, 0.1) is 11.7 Å². The summed E-state index contributed by atoms with van der Waals surface area (Å²) in [6.45, 7) is 5.81. The van der Waals surface area contributed by atoms with Gasteiger partial charge in [0.2, 0.25) is 0 Å². The summed E-state index contributed by atoms with van der Waals surface area (Å²) < 4.78 is 28.2. The molecule has 0 amide bonds. The van der Waals surface area contributed by atoms with E-state index < -0.39 is 21.4 Å². The number of aryl methyl sites for hydroxylation is 1. The number of nitrogens with one attached hydrogen (secondary N) is 1. The Hall–Kier alpha value is -1.41. The van der Waals surface area contributed by atoms with Crippen molar-refractivity contribution in [2.24, 2.45) is 5.41 Å². The van der Waals surface area contributed by atoms with Gasteiger partial charge in [-0.2, -0.15) is 0 Å². The molecule has 8 heteroatoms. The first kappa shape index (κ1) is 16.6. The van der Waals surface area contributed by atoms with Gasteiger partial charge in [-0.3, -0.25) is 4.79 Å². The van der Waals surface area contributed by atoms with E-state index in [4.69, 9.17) is 0 Å². The van der Waals surface area contributed by atoms with Crippen molar-refractivity contribution in [2.45, 2.75) is 45.2 Å². The Bertz CT molecular complexity index is 561. The van der Waals surface area contributed by atoms with Crippen LogP contribution in [-0.4, -0.2) is 35.6 Å². The number of nitrogens with zero attached hydrogens (tertiary/aromatic N) is 2. The number of carboxylic acid groups (broad SMARTS) is 1. The number of hydrogen-bond donors (Lipinski definition) is 2. The average Bonchev–Trinajstić information content (AvgIpc) is 2.89. The van der Waals surface area contributed by atoms with Crippen LogP contribution in [-0.2, 0) is 21.4 Å². The second-order valence-electron chi connectivity index (χ2n) is 4.66. The van der Waals surface area contributed by atoms with Crippen molar-refractivity contribution in [1.82, 2.24) is 14.3 Å². The summed E-state index contributed by atoms with van der Waals surface area (Å²) in [6.07, 6.45) is 3.55. The fourth-order valence-electron chi connectivity index (χ4n) is 1.84. The van der Waals surface area contributed by atoms with Crippen molar-refractivity contribution in [3.63, 3.8) is 0 Å². The van der Waals surface area contributed by atoms with Gasteiger partial charge in [0, 0.05) is 19.3 Å². The summed E-state index contributed by atoms with van der Waals surface area (Å²) in [4.78, 5) is 15.2. The van der Waals surface area contributed by atoms with Crippen LogP contribution < -0.4 is 4.72 Å². The Kier molecular flexibility index (Phi) is 5.29. The second-order valence-corrected chi connectivity index (χ2v) is 6.37. The largest absolute Gasteiger partial charge is 0.481 e. The van der Waals surface area contributed by atoms with Crippen LogP contribution in [0, 0.1) is 5.41 Å². The predicted octanol–water partition coefficient (Wildman–Crippen LogP) is 1.07. The molecule has 0 saturated carbocycles. The van der Waals surface area contributed by atoms with E-state index in [2.05, 4.69) is 9.71 Å². The molecule has 0 radical (unpaired) electrons. The molecule has 0 spiro atoms. The van der Waals surface area contributed by atoms with Crippen LogP contribution in [0.25, 0.3) is 0 Å².